The van der Waals surface area contributed by atoms with Crippen LogP contribution in [0, 0.1) is 22.7 Å². The van der Waals surface area contributed by atoms with Crippen molar-refractivity contribution in [2.75, 3.05) is 5.43 Å². The van der Waals surface area contributed by atoms with E-state index in [1.807, 2.05) is 30.3 Å². The van der Waals surface area contributed by atoms with Crippen LogP contribution in [0.1, 0.15) is 10.6 Å². The molecular weight excluding hydrogens is 294 g/mol. The lowest BCUT2D eigenvalue weighted by molar-refractivity contribution is 1.32. The number of rotatable bonds is 3. The zero-order valence-corrected chi connectivity index (χ0v) is 12.1. The number of para-hydroxylation sites is 1. The number of anilines is 1. The van der Waals surface area contributed by atoms with Crippen molar-refractivity contribution in [3.63, 3.8) is 0 Å². The molecule has 22 heavy (non-hydrogen) atoms. The van der Waals surface area contributed by atoms with Gasteiger partial charge in [0, 0.05) is 0 Å². The fourth-order valence-corrected chi connectivity index (χ4v) is 2.74. The number of thiazole rings is 1. The number of hydrogen-bond acceptors (Lipinski definition) is 6. The van der Waals surface area contributed by atoms with E-state index in [9.17, 15) is 5.26 Å². The van der Waals surface area contributed by atoms with Crippen molar-refractivity contribution < 1.29 is 0 Å². The summed E-state index contributed by atoms with van der Waals surface area (Å²) in [6.07, 6.45) is 0. The minimum Gasteiger partial charge on any atom is -0.277 e. The average Bonchev–Trinajstić information content (AvgIpc) is 3.00. The van der Waals surface area contributed by atoms with E-state index in [0.29, 0.717) is 16.3 Å². The monoisotopic (exact) mass is 303 g/mol. The van der Waals surface area contributed by atoms with Gasteiger partial charge in [-0.05, 0) is 36.4 Å². The fourth-order valence-electron chi connectivity index (χ4n) is 1.83. The van der Waals surface area contributed by atoms with E-state index >= 15 is 0 Å². The summed E-state index contributed by atoms with van der Waals surface area (Å²) in [4.78, 5) is 4.41. The zero-order chi connectivity index (χ0) is 15.4. The quantitative estimate of drug-likeness (QED) is 0.592. The number of hydrazone groups is 1. The molecule has 0 amide bonds. The Kier molecular flexibility index (Phi) is 3.78. The lowest BCUT2D eigenvalue weighted by atomic mass is 10.2. The first kappa shape index (κ1) is 13.7. The third-order valence-corrected chi connectivity index (χ3v) is 3.96. The van der Waals surface area contributed by atoms with Gasteiger partial charge in [0.2, 0.25) is 0 Å². The Morgan fingerprint density at radius 3 is 2.55 bits per heavy atom. The number of nitriles is 2. The largest absolute Gasteiger partial charge is 0.277 e. The minimum atomic E-state index is 0.227. The van der Waals surface area contributed by atoms with Gasteiger partial charge in [0.05, 0.1) is 27.5 Å². The molecule has 0 unspecified atom stereocenters. The van der Waals surface area contributed by atoms with Gasteiger partial charge in [-0.3, -0.25) is 5.43 Å². The predicted molar refractivity (Wildman–Crippen MR) is 86.5 cm³/mol. The molecule has 0 aliphatic carbocycles. The number of aromatic nitrogens is 1. The lowest BCUT2D eigenvalue weighted by Gasteiger charge is -2.00. The van der Waals surface area contributed by atoms with Crippen molar-refractivity contribution in [3.05, 3.63) is 59.1 Å². The number of nitrogens with zero attached hydrogens (tertiary/aromatic N) is 4. The van der Waals surface area contributed by atoms with E-state index < -0.39 is 0 Å². The maximum atomic E-state index is 9.27. The van der Waals surface area contributed by atoms with E-state index in [1.54, 1.807) is 24.3 Å². The molecule has 6 heteroatoms. The summed E-state index contributed by atoms with van der Waals surface area (Å²) in [6, 6.07) is 18.6. The van der Waals surface area contributed by atoms with Crippen LogP contribution >= 0.6 is 11.3 Å². The molecule has 0 spiro atoms. The third-order valence-electron chi connectivity index (χ3n) is 2.91. The summed E-state index contributed by atoms with van der Waals surface area (Å²) < 4.78 is 1.01. The van der Waals surface area contributed by atoms with Crippen molar-refractivity contribution in [1.82, 2.24) is 4.98 Å². The molecule has 0 saturated heterocycles. The Morgan fingerprint density at radius 1 is 1.09 bits per heavy atom. The van der Waals surface area contributed by atoms with Gasteiger partial charge in [0.15, 0.2) is 10.7 Å². The topological polar surface area (TPSA) is 84.9 Å². The van der Waals surface area contributed by atoms with E-state index in [0.717, 1.165) is 10.2 Å². The second-order valence-electron chi connectivity index (χ2n) is 4.36. The molecule has 0 aliphatic rings. The number of nitrogens with one attached hydrogen (secondary N) is 1. The number of fused-ring (bicyclic) bond motifs is 1. The van der Waals surface area contributed by atoms with E-state index in [1.165, 1.54) is 11.3 Å². The van der Waals surface area contributed by atoms with Crippen LogP contribution in [-0.4, -0.2) is 10.7 Å². The zero-order valence-electron chi connectivity index (χ0n) is 11.3. The van der Waals surface area contributed by atoms with Gasteiger partial charge in [0.1, 0.15) is 6.07 Å². The Morgan fingerprint density at radius 2 is 1.86 bits per heavy atom. The maximum Gasteiger partial charge on any atom is 0.196 e. The molecule has 0 atom stereocenters. The van der Waals surface area contributed by atoms with Crippen LogP contribution in [0.4, 0.5) is 5.69 Å². The molecule has 0 saturated carbocycles. The molecule has 0 bridgehead atoms. The van der Waals surface area contributed by atoms with Crippen molar-refractivity contribution >= 4 is 33.0 Å². The van der Waals surface area contributed by atoms with Gasteiger partial charge in [0.25, 0.3) is 0 Å². The van der Waals surface area contributed by atoms with Crippen molar-refractivity contribution in [3.8, 4) is 12.1 Å². The molecule has 1 aromatic heterocycles. The molecule has 0 aliphatic heterocycles. The smallest absolute Gasteiger partial charge is 0.196 e. The van der Waals surface area contributed by atoms with Gasteiger partial charge in [-0.2, -0.15) is 15.6 Å². The highest BCUT2D eigenvalue weighted by Crippen LogP contribution is 2.22. The summed E-state index contributed by atoms with van der Waals surface area (Å²) in [7, 11) is 0. The second kappa shape index (κ2) is 6.04. The molecule has 3 rings (SSSR count). The Labute approximate surface area is 130 Å². The van der Waals surface area contributed by atoms with Crippen LogP contribution in [0.3, 0.4) is 0 Å². The van der Waals surface area contributed by atoms with E-state index in [-0.39, 0.29) is 5.71 Å². The molecule has 5 nitrogen and oxygen atoms in total. The normalized spacial score (nSPS) is 10.9. The highest BCUT2D eigenvalue weighted by molar-refractivity contribution is 7.20. The van der Waals surface area contributed by atoms with Crippen molar-refractivity contribution in [2.45, 2.75) is 0 Å². The van der Waals surface area contributed by atoms with Crippen LogP contribution in [-0.2, 0) is 0 Å². The molecule has 3 aromatic rings. The Bertz CT molecular complexity index is 893. The number of benzene rings is 2. The summed E-state index contributed by atoms with van der Waals surface area (Å²) in [5.74, 6) is 0. The molecule has 0 fully saturated rings. The van der Waals surface area contributed by atoms with Gasteiger partial charge in [-0.25, -0.2) is 4.98 Å². The predicted octanol–water partition coefficient (Wildman–Crippen LogP) is 3.51. The fraction of sp³-hybridized carbons (Fsp3) is 0. The standard InChI is InChI=1S/C16H9N5S/c17-9-11-5-7-12(8-6-11)20-21-14(10-18)16-19-13-3-1-2-4-15(13)22-16/h1-8,20H/b21-14+. The Hall–Kier alpha value is -3.22. The summed E-state index contributed by atoms with van der Waals surface area (Å²) in [5, 5.41) is 22.7. The summed E-state index contributed by atoms with van der Waals surface area (Å²) in [5.41, 5.74) is 5.16. The van der Waals surface area contributed by atoms with Gasteiger partial charge in [-0.1, -0.05) is 12.1 Å². The third kappa shape index (κ3) is 2.78. The molecule has 0 radical (unpaired) electrons. The van der Waals surface area contributed by atoms with Crippen LogP contribution in [0.15, 0.2) is 53.6 Å². The van der Waals surface area contributed by atoms with Crippen molar-refractivity contribution in [1.29, 1.82) is 10.5 Å². The molecule has 2 aromatic carbocycles. The van der Waals surface area contributed by atoms with Crippen LogP contribution < -0.4 is 5.43 Å². The van der Waals surface area contributed by atoms with Crippen LogP contribution in [0.25, 0.3) is 10.2 Å². The van der Waals surface area contributed by atoms with Gasteiger partial charge in [-0.15, -0.1) is 11.3 Å². The van der Waals surface area contributed by atoms with Gasteiger partial charge < -0.3 is 0 Å². The second-order valence-corrected chi connectivity index (χ2v) is 5.39. The first-order chi connectivity index (χ1) is 10.8. The first-order valence-electron chi connectivity index (χ1n) is 6.40. The molecule has 1 N–H and O–H groups in total. The molecule has 1 heterocycles. The summed E-state index contributed by atoms with van der Waals surface area (Å²) >= 11 is 1.42. The average molecular weight is 303 g/mol. The SMILES string of the molecule is N#C/C(=N\Nc1ccc(C#N)cc1)c1nc2ccccc2s1. The van der Waals surface area contributed by atoms with Crippen molar-refractivity contribution in [2.24, 2.45) is 5.10 Å². The summed E-state index contributed by atoms with van der Waals surface area (Å²) in [6.45, 7) is 0. The molecule has 104 valence electrons. The van der Waals surface area contributed by atoms with Gasteiger partial charge >= 0.3 is 0 Å². The van der Waals surface area contributed by atoms with Crippen LogP contribution in [0.5, 0.6) is 0 Å². The highest BCUT2D eigenvalue weighted by atomic mass is 32.1. The first-order valence-corrected chi connectivity index (χ1v) is 7.22. The van der Waals surface area contributed by atoms with E-state index in [4.69, 9.17) is 5.26 Å². The Balaban J connectivity index is 1.86. The van der Waals surface area contributed by atoms with Crippen LogP contribution in [0.2, 0.25) is 0 Å². The minimum absolute atomic E-state index is 0.227. The maximum absolute atomic E-state index is 9.27. The highest BCUT2D eigenvalue weighted by Gasteiger charge is 2.09. The lowest BCUT2D eigenvalue weighted by Crippen LogP contribution is -2.01. The van der Waals surface area contributed by atoms with E-state index in [2.05, 4.69) is 21.6 Å². The molecular formula is C16H9N5S. The number of hydrogen-bond donors (Lipinski definition) is 1.